The zero-order valence-corrected chi connectivity index (χ0v) is 11.9. The predicted molar refractivity (Wildman–Crippen MR) is 70.5 cm³/mol. The Balaban J connectivity index is 2.38. The molecule has 20 heavy (non-hydrogen) atoms. The monoisotopic (exact) mass is 293 g/mol. The van der Waals surface area contributed by atoms with E-state index in [1.807, 2.05) is 24.7 Å². The molecular formula is C13H22F3N3O. The molecule has 0 saturated heterocycles. The van der Waals surface area contributed by atoms with Gasteiger partial charge in [-0.2, -0.15) is 13.2 Å². The minimum atomic E-state index is -4.26. The Bertz CT molecular complexity index is 379. The van der Waals surface area contributed by atoms with E-state index in [1.165, 1.54) is 0 Å². The van der Waals surface area contributed by atoms with Crippen molar-refractivity contribution < 1.29 is 17.9 Å². The smallest absolute Gasteiger partial charge is 0.372 e. The quantitative estimate of drug-likeness (QED) is 0.710. The van der Waals surface area contributed by atoms with Crippen LogP contribution in [0.4, 0.5) is 13.2 Å². The van der Waals surface area contributed by atoms with Crippen LogP contribution in [0.1, 0.15) is 25.6 Å². The van der Waals surface area contributed by atoms with E-state index >= 15 is 0 Å². The van der Waals surface area contributed by atoms with Crippen molar-refractivity contribution in [3.05, 3.63) is 18.2 Å². The van der Waals surface area contributed by atoms with Crippen LogP contribution in [-0.2, 0) is 18.2 Å². The number of rotatable bonds is 9. The second-order valence-electron chi connectivity index (χ2n) is 4.77. The van der Waals surface area contributed by atoms with Gasteiger partial charge < -0.3 is 14.6 Å². The molecule has 1 heterocycles. The van der Waals surface area contributed by atoms with Gasteiger partial charge in [-0.05, 0) is 19.4 Å². The van der Waals surface area contributed by atoms with Crippen molar-refractivity contribution in [1.82, 2.24) is 14.9 Å². The summed E-state index contributed by atoms with van der Waals surface area (Å²) in [5, 5.41) is 3.32. The standard InChI is InChI=1S/C13H22F3N3O/c1-3-5-17-11(4-8-20-10-13(14,15)16)9-12-18-6-7-19(12)2/h6-7,11,17H,3-5,8-10H2,1-2H3. The van der Waals surface area contributed by atoms with Gasteiger partial charge in [-0.3, -0.25) is 0 Å². The van der Waals surface area contributed by atoms with Gasteiger partial charge in [0.05, 0.1) is 0 Å². The summed E-state index contributed by atoms with van der Waals surface area (Å²) in [4.78, 5) is 4.23. The third-order valence-corrected chi connectivity index (χ3v) is 2.91. The van der Waals surface area contributed by atoms with E-state index in [-0.39, 0.29) is 12.6 Å². The summed E-state index contributed by atoms with van der Waals surface area (Å²) in [7, 11) is 1.90. The number of ether oxygens (including phenoxy) is 1. The fourth-order valence-corrected chi connectivity index (χ4v) is 1.85. The molecule has 1 atom stereocenters. The number of nitrogens with one attached hydrogen (secondary N) is 1. The second-order valence-corrected chi connectivity index (χ2v) is 4.77. The summed E-state index contributed by atoms with van der Waals surface area (Å²) >= 11 is 0. The van der Waals surface area contributed by atoms with Crippen molar-refractivity contribution in [2.45, 2.75) is 38.4 Å². The first kappa shape index (κ1) is 17.0. The first-order chi connectivity index (χ1) is 9.42. The number of aromatic nitrogens is 2. The van der Waals surface area contributed by atoms with Crippen molar-refractivity contribution in [2.24, 2.45) is 7.05 Å². The molecule has 7 heteroatoms. The minimum absolute atomic E-state index is 0.0734. The van der Waals surface area contributed by atoms with E-state index in [0.29, 0.717) is 12.8 Å². The highest BCUT2D eigenvalue weighted by Gasteiger charge is 2.27. The summed E-state index contributed by atoms with van der Waals surface area (Å²) in [6.07, 6.45) is 1.49. The Morgan fingerprint density at radius 2 is 2.20 bits per heavy atom. The fourth-order valence-electron chi connectivity index (χ4n) is 1.85. The van der Waals surface area contributed by atoms with Crippen LogP contribution in [0.25, 0.3) is 0 Å². The molecule has 1 rings (SSSR count). The van der Waals surface area contributed by atoms with E-state index in [4.69, 9.17) is 0 Å². The molecule has 1 aromatic rings. The van der Waals surface area contributed by atoms with E-state index in [0.717, 1.165) is 18.8 Å². The van der Waals surface area contributed by atoms with Gasteiger partial charge in [-0.1, -0.05) is 6.92 Å². The van der Waals surface area contributed by atoms with Crippen molar-refractivity contribution in [1.29, 1.82) is 0 Å². The lowest BCUT2D eigenvalue weighted by Crippen LogP contribution is -2.34. The predicted octanol–water partition coefficient (Wildman–Crippen LogP) is 2.30. The molecule has 0 saturated carbocycles. The maximum Gasteiger partial charge on any atom is 0.411 e. The SMILES string of the molecule is CCCNC(CCOCC(F)(F)F)Cc1nccn1C. The van der Waals surface area contributed by atoms with Crippen LogP contribution in [0.3, 0.4) is 0 Å². The molecule has 4 nitrogen and oxygen atoms in total. The molecule has 0 bridgehead atoms. The molecule has 116 valence electrons. The average Bonchev–Trinajstić information content (AvgIpc) is 2.75. The van der Waals surface area contributed by atoms with Crippen molar-refractivity contribution in [3.8, 4) is 0 Å². The molecule has 0 radical (unpaired) electrons. The summed E-state index contributed by atoms with van der Waals surface area (Å²) in [6.45, 7) is 1.78. The number of nitrogens with zero attached hydrogens (tertiary/aromatic N) is 2. The third-order valence-electron chi connectivity index (χ3n) is 2.91. The number of alkyl halides is 3. The Labute approximate surface area is 117 Å². The van der Waals surface area contributed by atoms with Crippen LogP contribution in [0.15, 0.2) is 12.4 Å². The number of aryl methyl sites for hydroxylation is 1. The van der Waals surface area contributed by atoms with Gasteiger partial charge in [0.25, 0.3) is 0 Å². The zero-order chi connectivity index (χ0) is 15.0. The van der Waals surface area contributed by atoms with Crippen LogP contribution >= 0.6 is 0 Å². The van der Waals surface area contributed by atoms with E-state index < -0.39 is 12.8 Å². The summed E-state index contributed by atoms with van der Waals surface area (Å²) in [5.41, 5.74) is 0. The van der Waals surface area contributed by atoms with Gasteiger partial charge in [-0.25, -0.2) is 4.98 Å². The fraction of sp³-hybridized carbons (Fsp3) is 0.769. The topological polar surface area (TPSA) is 39.1 Å². The molecule has 0 fully saturated rings. The Hall–Kier alpha value is -1.08. The highest BCUT2D eigenvalue weighted by Crippen LogP contribution is 2.14. The maximum absolute atomic E-state index is 12.0. The number of imidazole rings is 1. The van der Waals surface area contributed by atoms with E-state index in [2.05, 4.69) is 15.0 Å². The average molecular weight is 293 g/mol. The summed E-state index contributed by atoms with van der Waals surface area (Å²) in [6, 6.07) is 0.0734. The first-order valence-electron chi connectivity index (χ1n) is 6.76. The highest BCUT2D eigenvalue weighted by molar-refractivity contribution is 4.94. The van der Waals surface area contributed by atoms with Gasteiger partial charge in [0.15, 0.2) is 0 Å². The molecule has 0 amide bonds. The molecular weight excluding hydrogens is 271 g/mol. The van der Waals surface area contributed by atoms with Crippen LogP contribution in [-0.4, -0.2) is 41.5 Å². The van der Waals surface area contributed by atoms with E-state index in [9.17, 15) is 13.2 Å². The van der Waals surface area contributed by atoms with Gasteiger partial charge >= 0.3 is 6.18 Å². The molecule has 0 aliphatic rings. The molecule has 1 unspecified atom stereocenters. The first-order valence-corrected chi connectivity index (χ1v) is 6.76. The van der Waals surface area contributed by atoms with Crippen LogP contribution < -0.4 is 5.32 Å². The van der Waals surface area contributed by atoms with Gasteiger partial charge in [0.1, 0.15) is 12.4 Å². The minimum Gasteiger partial charge on any atom is -0.372 e. The third kappa shape index (κ3) is 6.91. The molecule has 0 aliphatic heterocycles. The highest BCUT2D eigenvalue weighted by atomic mass is 19.4. The largest absolute Gasteiger partial charge is 0.411 e. The summed E-state index contributed by atoms with van der Waals surface area (Å²) < 4.78 is 42.5. The van der Waals surface area contributed by atoms with Crippen LogP contribution in [0, 0.1) is 0 Å². The van der Waals surface area contributed by atoms with Gasteiger partial charge in [0, 0.05) is 38.5 Å². The van der Waals surface area contributed by atoms with Crippen molar-refractivity contribution in [3.63, 3.8) is 0 Å². The molecule has 1 aromatic heterocycles. The van der Waals surface area contributed by atoms with Crippen LogP contribution in [0.5, 0.6) is 0 Å². The lowest BCUT2D eigenvalue weighted by molar-refractivity contribution is -0.174. The van der Waals surface area contributed by atoms with E-state index in [1.54, 1.807) is 6.20 Å². The van der Waals surface area contributed by atoms with Crippen molar-refractivity contribution >= 4 is 0 Å². The number of hydrogen-bond donors (Lipinski definition) is 1. The number of halogens is 3. The molecule has 1 N–H and O–H groups in total. The summed E-state index contributed by atoms with van der Waals surface area (Å²) in [5.74, 6) is 0.912. The van der Waals surface area contributed by atoms with Gasteiger partial charge in [0.2, 0.25) is 0 Å². The van der Waals surface area contributed by atoms with Gasteiger partial charge in [-0.15, -0.1) is 0 Å². The second kappa shape index (κ2) is 8.26. The maximum atomic E-state index is 12.0. The van der Waals surface area contributed by atoms with Crippen LogP contribution in [0.2, 0.25) is 0 Å². The molecule has 0 spiro atoms. The Kier molecular flexibility index (Phi) is 7.01. The van der Waals surface area contributed by atoms with Crippen molar-refractivity contribution in [2.75, 3.05) is 19.8 Å². The normalized spacial score (nSPS) is 13.7. The lowest BCUT2D eigenvalue weighted by atomic mass is 10.1. The lowest BCUT2D eigenvalue weighted by Gasteiger charge is -2.18. The molecule has 0 aliphatic carbocycles. The number of hydrogen-bond acceptors (Lipinski definition) is 3. The molecule has 0 aromatic carbocycles. The zero-order valence-electron chi connectivity index (χ0n) is 11.9. The Morgan fingerprint density at radius 3 is 2.75 bits per heavy atom. The Morgan fingerprint density at radius 1 is 1.45 bits per heavy atom.